The summed E-state index contributed by atoms with van der Waals surface area (Å²) in [5.74, 6) is -0.154. The molecule has 18 heavy (non-hydrogen) atoms. The number of hydrogen-bond acceptors (Lipinski definition) is 5. The second-order valence-corrected chi connectivity index (χ2v) is 4.14. The molecular formula is C12H18N2O4. The minimum Gasteiger partial charge on any atom is -0.508 e. The summed E-state index contributed by atoms with van der Waals surface area (Å²) in [6.07, 6.45) is 2.05. The van der Waals surface area contributed by atoms with Crippen molar-refractivity contribution in [1.82, 2.24) is 0 Å². The first-order valence-corrected chi connectivity index (χ1v) is 5.94. The molecule has 1 aromatic carbocycles. The Hall–Kier alpha value is -1.82. The van der Waals surface area contributed by atoms with Gasteiger partial charge >= 0.3 is 0 Å². The van der Waals surface area contributed by atoms with Crippen molar-refractivity contribution in [2.75, 3.05) is 11.9 Å². The van der Waals surface area contributed by atoms with E-state index < -0.39 is 11.0 Å². The van der Waals surface area contributed by atoms with Crippen LogP contribution in [0.15, 0.2) is 18.2 Å². The molecular weight excluding hydrogens is 236 g/mol. The predicted molar refractivity (Wildman–Crippen MR) is 68.8 cm³/mol. The molecule has 0 aliphatic heterocycles. The zero-order chi connectivity index (χ0) is 13.5. The van der Waals surface area contributed by atoms with Gasteiger partial charge in [-0.3, -0.25) is 10.1 Å². The summed E-state index contributed by atoms with van der Waals surface area (Å²) < 4.78 is 0. The number of hydrogen-bond donors (Lipinski definition) is 3. The van der Waals surface area contributed by atoms with Crippen molar-refractivity contribution in [2.24, 2.45) is 0 Å². The van der Waals surface area contributed by atoms with Gasteiger partial charge in [0.25, 0.3) is 5.69 Å². The second-order valence-electron chi connectivity index (χ2n) is 4.14. The van der Waals surface area contributed by atoms with E-state index in [0.717, 1.165) is 18.9 Å². The molecule has 0 aromatic heterocycles. The van der Waals surface area contributed by atoms with Gasteiger partial charge in [0, 0.05) is 6.54 Å². The third-order valence-electron chi connectivity index (χ3n) is 2.60. The van der Waals surface area contributed by atoms with E-state index in [9.17, 15) is 20.3 Å². The van der Waals surface area contributed by atoms with Gasteiger partial charge in [-0.25, -0.2) is 0 Å². The fourth-order valence-electron chi connectivity index (χ4n) is 1.59. The molecule has 0 saturated heterocycles. The number of aliphatic hydroxyl groups excluding tert-OH is 1. The molecule has 0 aliphatic carbocycles. The Labute approximate surface area is 105 Å². The van der Waals surface area contributed by atoms with Crippen molar-refractivity contribution < 1.29 is 15.1 Å². The van der Waals surface area contributed by atoms with Crippen LogP contribution in [0.5, 0.6) is 5.75 Å². The fourth-order valence-corrected chi connectivity index (χ4v) is 1.59. The number of aliphatic hydroxyl groups is 1. The summed E-state index contributed by atoms with van der Waals surface area (Å²) in [5, 5.41) is 32.5. The van der Waals surface area contributed by atoms with E-state index in [1.54, 1.807) is 0 Å². The summed E-state index contributed by atoms with van der Waals surface area (Å²) >= 11 is 0. The van der Waals surface area contributed by atoms with Gasteiger partial charge in [-0.1, -0.05) is 19.8 Å². The number of nitro groups is 1. The topological polar surface area (TPSA) is 95.6 Å². The maximum absolute atomic E-state index is 10.8. The normalized spacial score (nSPS) is 12.1. The molecule has 0 bridgehead atoms. The number of rotatable bonds is 7. The van der Waals surface area contributed by atoms with Crippen molar-refractivity contribution >= 4 is 11.4 Å². The van der Waals surface area contributed by atoms with Crippen molar-refractivity contribution in [1.29, 1.82) is 0 Å². The van der Waals surface area contributed by atoms with E-state index >= 15 is 0 Å². The molecule has 0 amide bonds. The molecule has 0 radical (unpaired) electrons. The van der Waals surface area contributed by atoms with Crippen molar-refractivity contribution in [3.63, 3.8) is 0 Å². The SMILES string of the molecule is CCCCC(O)CNc1ccc(O)cc1[N+](=O)[O-]. The molecule has 0 fully saturated rings. The van der Waals surface area contributed by atoms with Crippen LogP contribution in [-0.4, -0.2) is 27.8 Å². The van der Waals surface area contributed by atoms with Gasteiger partial charge in [0.2, 0.25) is 0 Å². The Morgan fingerprint density at radius 1 is 1.50 bits per heavy atom. The average molecular weight is 254 g/mol. The van der Waals surface area contributed by atoms with Crippen LogP contribution in [0, 0.1) is 10.1 Å². The summed E-state index contributed by atoms with van der Waals surface area (Å²) in [7, 11) is 0. The highest BCUT2D eigenvalue weighted by Gasteiger charge is 2.15. The quantitative estimate of drug-likeness (QED) is 0.394. The Kier molecular flexibility index (Phi) is 5.38. The highest BCUT2D eigenvalue weighted by Crippen LogP contribution is 2.28. The number of unbranched alkanes of at least 4 members (excludes halogenated alkanes) is 1. The van der Waals surface area contributed by atoms with Gasteiger partial charge < -0.3 is 15.5 Å². The van der Waals surface area contributed by atoms with Crippen LogP contribution in [0.1, 0.15) is 26.2 Å². The number of aromatic hydroxyl groups is 1. The molecule has 0 saturated carbocycles. The first kappa shape index (κ1) is 14.2. The summed E-state index contributed by atoms with van der Waals surface area (Å²) in [6.45, 7) is 2.29. The van der Waals surface area contributed by atoms with E-state index in [1.807, 2.05) is 6.92 Å². The number of nitro benzene ring substituents is 1. The first-order chi connectivity index (χ1) is 8.54. The van der Waals surface area contributed by atoms with Gasteiger partial charge in [-0.15, -0.1) is 0 Å². The van der Waals surface area contributed by atoms with Crippen molar-refractivity contribution in [2.45, 2.75) is 32.3 Å². The van der Waals surface area contributed by atoms with E-state index in [-0.39, 0.29) is 18.0 Å². The predicted octanol–water partition coefficient (Wildman–Crippen LogP) is 2.26. The Morgan fingerprint density at radius 3 is 2.83 bits per heavy atom. The molecule has 1 unspecified atom stereocenters. The first-order valence-electron chi connectivity index (χ1n) is 5.94. The van der Waals surface area contributed by atoms with Gasteiger partial charge in [-0.2, -0.15) is 0 Å². The van der Waals surface area contributed by atoms with Crippen LogP contribution >= 0.6 is 0 Å². The highest BCUT2D eigenvalue weighted by molar-refractivity contribution is 5.63. The maximum atomic E-state index is 10.8. The lowest BCUT2D eigenvalue weighted by Gasteiger charge is -2.12. The number of anilines is 1. The summed E-state index contributed by atoms with van der Waals surface area (Å²) in [4.78, 5) is 10.2. The van der Waals surface area contributed by atoms with Crippen LogP contribution in [-0.2, 0) is 0 Å². The standard InChI is InChI=1S/C12H18N2O4/c1-2-3-4-10(16)8-13-11-6-5-9(15)7-12(11)14(17)18/h5-7,10,13,15-16H,2-4,8H2,1H3. The number of phenols is 1. The fraction of sp³-hybridized carbons (Fsp3) is 0.500. The second kappa shape index (κ2) is 6.80. The average Bonchev–Trinajstić information content (AvgIpc) is 2.34. The lowest BCUT2D eigenvalue weighted by Crippen LogP contribution is -2.19. The Bertz CT molecular complexity index is 409. The Balaban J connectivity index is 2.64. The van der Waals surface area contributed by atoms with E-state index in [1.165, 1.54) is 12.1 Å². The van der Waals surface area contributed by atoms with Gasteiger partial charge in [0.05, 0.1) is 17.1 Å². The highest BCUT2D eigenvalue weighted by atomic mass is 16.6. The van der Waals surface area contributed by atoms with Gasteiger partial charge in [0.1, 0.15) is 11.4 Å². The Morgan fingerprint density at radius 2 is 2.22 bits per heavy atom. The zero-order valence-corrected chi connectivity index (χ0v) is 10.3. The van der Waals surface area contributed by atoms with Crippen molar-refractivity contribution in [3.8, 4) is 5.75 Å². The number of nitrogens with zero attached hydrogens (tertiary/aromatic N) is 1. The van der Waals surface area contributed by atoms with Crippen LogP contribution in [0.3, 0.4) is 0 Å². The lowest BCUT2D eigenvalue weighted by atomic mass is 10.1. The van der Waals surface area contributed by atoms with Crippen molar-refractivity contribution in [3.05, 3.63) is 28.3 Å². The number of phenolic OH excluding ortho intramolecular Hbond substituents is 1. The monoisotopic (exact) mass is 254 g/mol. The van der Waals surface area contributed by atoms with E-state index in [0.29, 0.717) is 12.1 Å². The van der Waals surface area contributed by atoms with Crippen LogP contribution in [0.4, 0.5) is 11.4 Å². The molecule has 100 valence electrons. The molecule has 1 aromatic rings. The number of benzene rings is 1. The molecule has 0 heterocycles. The third-order valence-corrected chi connectivity index (χ3v) is 2.60. The maximum Gasteiger partial charge on any atom is 0.296 e. The molecule has 0 spiro atoms. The number of nitrogens with one attached hydrogen (secondary N) is 1. The molecule has 0 aliphatic rings. The molecule has 1 atom stereocenters. The van der Waals surface area contributed by atoms with E-state index in [4.69, 9.17) is 0 Å². The minimum absolute atomic E-state index is 0.154. The largest absolute Gasteiger partial charge is 0.508 e. The molecule has 3 N–H and O–H groups in total. The van der Waals surface area contributed by atoms with Crippen LogP contribution < -0.4 is 5.32 Å². The summed E-state index contributed by atoms with van der Waals surface area (Å²) in [5.41, 5.74) is 0.103. The van der Waals surface area contributed by atoms with Crippen LogP contribution in [0.25, 0.3) is 0 Å². The third kappa shape index (κ3) is 4.21. The van der Waals surface area contributed by atoms with Gasteiger partial charge in [0.15, 0.2) is 0 Å². The van der Waals surface area contributed by atoms with E-state index in [2.05, 4.69) is 5.32 Å². The molecule has 6 nitrogen and oxygen atoms in total. The van der Waals surface area contributed by atoms with Gasteiger partial charge in [-0.05, 0) is 18.6 Å². The lowest BCUT2D eigenvalue weighted by molar-refractivity contribution is -0.384. The summed E-state index contributed by atoms with van der Waals surface area (Å²) in [6, 6.07) is 3.88. The smallest absolute Gasteiger partial charge is 0.296 e. The molecule has 6 heteroatoms. The van der Waals surface area contributed by atoms with Crippen LogP contribution in [0.2, 0.25) is 0 Å². The molecule has 1 rings (SSSR count). The minimum atomic E-state index is -0.569. The zero-order valence-electron chi connectivity index (χ0n) is 10.3.